The molecule has 2 rings (SSSR count). The van der Waals surface area contributed by atoms with Gasteiger partial charge in [-0.05, 0) is 26.2 Å². The Kier molecular flexibility index (Phi) is 2.87. The highest BCUT2D eigenvalue weighted by Crippen LogP contribution is 2.30. The Morgan fingerprint density at radius 2 is 2.43 bits per heavy atom. The molecular weight excluding hydrogens is 174 g/mol. The highest BCUT2D eigenvalue weighted by molar-refractivity contribution is 5.03. The van der Waals surface area contributed by atoms with Crippen LogP contribution < -0.4 is 5.73 Å². The fourth-order valence-corrected chi connectivity index (χ4v) is 2.41. The van der Waals surface area contributed by atoms with Crippen LogP contribution in [0.1, 0.15) is 44.3 Å². The van der Waals surface area contributed by atoms with Crippen molar-refractivity contribution >= 4 is 0 Å². The maximum Gasteiger partial charge on any atom is 0.111 e. The Labute approximate surface area is 85.3 Å². The van der Waals surface area contributed by atoms with Crippen LogP contribution in [0.25, 0.3) is 0 Å². The van der Waals surface area contributed by atoms with Gasteiger partial charge in [-0.15, -0.1) is 0 Å². The van der Waals surface area contributed by atoms with Crippen molar-refractivity contribution in [2.75, 3.05) is 0 Å². The zero-order valence-electron chi connectivity index (χ0n) is 8.82. The first-order valence-corrected chi connectivity index (χ1v) is 5.58. The summed E-state index contributed by atoms with van der Waals surface area (Å²) in [5, 5.41) is 0. The Bertz CT molecular complexity index is 292. The number of rotatable bonds is 2. The Morgan fingerprint density at radius 3 is 3.14 bits per heavy atom. The average molecular weight is 193 g/mol. The number of nitrogens with zero attached hydrogens (tertiary/aromatic N) is 2. The van der Waals surface area contributed by atoms with Crippen LogP contribution >= 0.6 is 0 Å². The second-order valence-electron chi connectivity index (χ2n) is 4.20. The molecule has 2 unspecified atom stereocenters. The van der Waals surface area contributed by atoms with Gasteiger partial charge in [0.1, 0.15) is 5.82 Å². The first-order valence-electron chi connectivity index (χ1n) is 5.58. The van der Waals surface area contributed by atoms with Gasteiger partial charge in [0.25, 0.3) is 0 Å². The van der Waals surface area contributed by atoms with E-state index < -0.39 is 0 Å². The van der Waals surface area contributed by atoms with Crippen molar-refractivity contribution in [1.82, 2.24) is 9.55 Å². The Hall–Kier alpha value is -0.830. The molecular formula is C11H19N3. The number of hydrogen-bond acceptors (Lipinski definition) is 2. The minimum absolute atomic E-state index is 0.385. The van der Waals surface area contributed by atoms with Gasteiger partial charge < -0.3 is 10.3 Å². The van der Waals surface area contributed by atoms with Crippen LogP contribution in [0.4, 0.5) is 0 Å². The third kappa shape index (κ3) is 1.82. The largest absolute Gasteiger partial charge is 0.335 e. The second-order valence-corrected chi connectivity index (χ2v) is 4.20. The summed E-state index contributed by atoms with van der Waals surface area (Å²) in [5.41, 5.74) is 5.99. The average Bonchev–Trinajstić information content (AvgIpc) is 2.65. The summed E-state index contributed by atoms with van der Waals surface area (Å²) in [6.07, 6.45) is 8.77. The van der Waals surface area contributed by atoms with Crippen LogP contribution in [0.2, 0.25) is 0 Å². The van der Waals surface area contributed by atoms with E-state index in [1.54, 1.807) is 0 Å². The van der Waals surface area contributed by atoms with Crippen LogP contribution in [0.3, 0.4) is 0 Å². The first kappa shape index (κ1) is 9.71. The molecule has 1 aromatic rings. The third-order valence-corrected chi connectivity index (χ3v) is 3.17. The van der Waals surface area contributed by atoms with Gasteiger partial charge in [-0.2, -0.15) is 0 Å². The molecule has 0 aromatic carbocycles. The fraction of sp³-hybridized carbons (Fsp3) is 0.727. The molecule has 0 bridgehead atoms. The lowest BCUT2D eigenvalue weighted by molar-refractivity contribution is 0.374. The van der Waals surface area contributed by atoms with Gasteiger partial charge in [0.05, 0.1) is 0 Å². The van der Waals surface area contributed by atoms with Crippen molar-refractivity contribution in [2.45, 2.75) is 51.1 Å². The Balaban J connectivity index is 2.13. The number of hydrogen-bond donors (Lipinski definition) is 1. The monoisotopic (exact) mass is 193 g/mol. The molecule has 2 atom stereocenters. The van der Waals surface area contributed by atoms with Crippen LogP contribution in [0.5, 0.6) is 0 Å². The van der Waals surface area contributed by atoms with E-state index >= 15 is 0 Å². The quantitative estimate of drug-likeness (QED) is 0.779. The van der Waals surface area contributed by atoms with Crippen molar-refractivity contribution in [3.8, 4) is 0 Å². The topological polar surface area (TPSA) is 43.8 Å². The molecule has 0 spiro atoms. The summed E-state index contributed by atoms with van der Waals surface area (Å²) in [5.74, 6) is 1.83. The molecule has 3 heteroatoms. The highest BCUT2D eigenvalue weighted by atomic mass is 15.1. The normalized spacial score (nSPS) is 27.9. The summed E-state index contributed by atoms with van der Waals surface area (Å²) in [4.78, 5) is 4.45. The minimum atomic E-state index is 0.385. The molecule has 0 amide bonds. The molecule has 1 fully saturated rings. The molecule has 1 aromatic heterocycles. The number of imidazole rings is 1. The van der Waals surface area contributed by atoms with Gasteiger partial charge in [0.15, 0.2) is 0 Å². The van der Waals surface area contributed by atoms with E-state index in [0.29, 0.717) is 12.0 Å². The molecule has 1 saturated carbocycles. The first-order chi connectivity index (χ1) is 6.81. The van der Waals surface area contributed by atoms with Gasteiger partial charge in [-0.1, -0.05) is 6.42 Å². The van der Waals surface area contributed by atoms with E-state index in [9.17, 15) is 0 Å². The third-order valence-electron chi connectivity index (χ3n) is 3.17. The zero-order chi connectivity index (χ0) is 9.97. The Morgan fingerprint density at radius 1 is 1.57 bits per heavy atom. The summed E-state index contributed by atoms with van der Waals surface area (Å²) >= 11 is 0. The van der Waals surface area contributed by atoms with Gasteiger partial charge in [-0.25, -0.2) is 4.98 Å². The molecule has 78 valence electrons. The smallest absolute Gasteiger partial charge is 0.111 e. The highest BCUT2D eigenvalue weighted by Gasteiger charge is 2.23. The fourth-order valence-electron chi connectivity index (χ4n) is 2.41. The molecule has 2 N–H and O–H groups in total. The minimum Gasteiger partial charge on any atom is -0.335 e. The maximum atomic E-state index is 5.99. The van der Waals surface area contributed by atoms with Gasteiger partial charge >= 0.3 is 0 Å². The zero-order valence-corrected chi connectivity index (χ0v) is 8.82. The van der Waals surface area contributed by atoms with Crippen molar-refractivity contribution in [1.29, 1.82) is 0 Å². The van der Waals surface area contributed by atoms with Crippen LogP contribution in [0.15, 0.2) is 12.4 Å². The predicted molar refractivity (Wildman–Crippen MR) is 57.1 cm³/mol. The lowest BCUT2D eigenvalue weighted by Crippen LogP contribution is -2.28. The maximum absolute atomic E-state index is 5.99. The molecule has 1 aliphatic rings. The van der Waals surface area contributed by atoms with E-state index in [1.807, 2.05) is 6.20 Å². The van der Waals surface area contributed by atoms with Gasteiger partial charge in [-0.3, -0.25) is 0 Å². The van der Waals surface area contributed by atoms with Crippen LogP contribution in [-0.4, -0.2) is 15.6 Å². The van der Waals surface area contributed by atoms with E-state index in [2.05, 4.69) is 22.7 Å². The standard InChI is InChI=1S/C11H19N3/c1-2-14-7-6-13-11(14)9-4-3-5-10(12)8-9/h6-7,9-10H,2-5,8,12H2,1H3. The van der Waals surface area contributed by atoms with E-state index in [-0.39, 0.29) is 0 Å². The molecule has 14 heavy (non-hydrogen) atoms. The van der Waals surface area contributed by atoms with Gasteiger partial charge in [0.2, 0.25) is 0 Å². The second kappa shape index (κ2) is 4.13. The summed E-state index contributed by atoms with van der Waals surface area (Å²) < 4.78 is 2.24. The van der Waals surface area contributed by atoms with Crippen molar-refractivity contribution in [2.24, 2.45) is 5.73 Å². The molecule has 0 saturated heterocycles. The van der Waals surface area contributed by atoms with Crippen molar-refractivity contribution in [3.63, 3.8) is 0 Å². The molecule has 1 aliphatic carbocycles. The predicted octanol–water partition coefficient (Wildman–Crippen LogP) is 1.89. The summed E-state index contributed by atoms with van der Waals surface area (Å²) in [6.45, 7) is 3.18. The SMILES string of the molecule is CCn1ccnc1C1CCCC(N)C1. The van der Waals surface area contributed by atoms with Gasteiger partial charge in [0, 0.05) is 30.9 Å². The van der Waals surface area contributed by atoms with E-state index in [1.165, 1.54) is 25.1 Å². The molecule has 1 heterocycles. The van der Waals surface area contributed by atoms with E-state index in [0.717, 1.165) is 13.0 Å². The molecule has 0 aliphatic heterocycles. The van der Waals surface area contributed by atoms with Crippen LogP contribution in [0, 0.1) is 0 Å². The summed E-state index contributed by atoms with van der Waals surface area (Å²) in [6, 6.07) is 0.385. The number of aryl methyl sites for hydroxylation is 1. The lowest BCUT2D eigenvalue weighted by atomic mass is 9.85. The van der Waals surface area contributed by atoms with Crippen molar-refractivity contribution < 1.29 is 0 Å². The van der Waals surface area contributed by atoms with Crippen LogP contribution in [-0.2, 0) is 6.54 Å². The number of nitrogens with two attached hydrogens (primary N) is 1. The van der Waals surface area contributed by atoms with E-state index in [4.69, 9.17) is 5.73 Å². The van der Waals surface area contributed by atoms with Crippen molar-refractivity contribution in [3.05, 3.63) is 18.2 Å². The lowest BCUT2D eigenvalue weighted by Gasteiger charge is -2.26. The molecule has 3 nitrogen and oxygen atoms in total. The number of aromatic nitrogens is 2. The molecule has 0 radical (unpaired) electrons. The summed E-state index contributed by atoms with van der Waals surface area (Å²) in [7, 11) is 0.